The first kappa shape index (κ1) is 25.3. The van der Waals surface area contributed by atoms with Crippen molar-refractivity contribution in [3.8, 4) is 5.75 Å². The second-order valence-corrected chi connectivity index (χ2v) is 9.70. The first-order valence-electron chi connectivity index (χ1n) is 11.4. The number of rotatable bonds is 10. The normalized spacial score (nSPS) is 10.7. The third-order valence-electron chi connectivity index (χ3n) is 5.41. The zero-order valence-corrected chi connectivity index (χ0v) is 21.1. The zero-order chi connectivity index (χ0) is 24.5. The predicted molar refractivity (Wildman–Crippen MR) is 138 cm³/mol. The van der Waals surface area contributed by atoms with Crippen molar-refractivity contribution in [1.82, 2.24) is 9.80 Å². The summed E-state index contributed by atoms with van der Waals surface area (Å²) in [5.41, 5.74) is 2.89. The van der Waals surface area contributed by atoms with Gasteiger partial charge in [0.05, 0.1) is 13.7 Å². The van der Waals surface area contributed by atoms with Crippen LogP contribution in [0.3, 0.4) is 0 Å². The Hall–Kier alpha value is -3.32. The highest BCUT2D eigenvalue weighted by Gasteiger charge is 2.23. The molecule has 0 atom stereocenters. The van der Waals surface area contributed by atoms with Crippen molar-refractivity contribution in [2.45, 2.75) is 33.9 Å². The van der Waals surface area contributed by atoms with Crippen LogP contribution in [-0.4, -0.2) is 41.9 Å². The molecule has 0 fully saturated rings. The maximum absolute atomic E-state index is 13.5. The van der Waals surface area contributed by atoms with Gasteiger partial charge in [-0.3, -0.25) is 4.79 Å². The number of methoxy groups -OCH3 is 1. The van der Waals surface area contributed by atoms with Crippen LogP contribution in [0, 0.1) is 12.8 Å². The van der Waals surface area contributed by atoms with Crippen molar-refractivity contribution >= 4 is 29.0 Å². The summed E-state index contributed by atoms with van der Waals surface area (Å²) >= 11 is 1.65. The molecule has 34 heavy (non-hydrogen) atoms. The fourth-order valence-electron chi connectivity index (χ4n) is 3.58. The number of urea groups is 1. The number of nitrogens with zero attached hydrogens (tertiary/aromatic N) is 2. The number of hydrogen-bond acceptors (Lipinski definition) is 4. The number of amides is 3. The highest BCUT2D eigenvalue weighted by molar-refractivity contribution is 7.10. The molecule has 3 rings (SSSR count). The summed E-state index contributed by atoms with van der Waals surface area (Å²) in [6.07, 6.45) is 0. The van der Waals surface area contributed by atoms with Crippen LogP contribution in [0.15, 0.2) is 66.0 Å². The molecule has 0 saturated heterocycles. The minimum atomic E-state index is -0.292. The molecule has 6 nitrogen and oxygen atoms in total. The first-order chi connectivity index (χ1) is 16.4. The van der Waals surface area contributed by atoms with E-state index in [1.54, 1.807) is 47.6 Å². The number of carbonyl (C=O) groups excluding carboxylic acids is 2. The summed E-state index contributed by atoms with van der Waals surface area (Å²) in [4.78, 5) is 31.2. The lowest BCUT2D eigenvalue weighted by Crippen LogP contribution is -2.45. The smallest absolute Gasteiger partial charge is 0.322 e. The van der Waals surface area contributed by atoms with E-state index in [9.17, 15) is 9.59 Å². The number of thiophene rings is 1. The van der Waals surface area contributed by atoms with Crippen molar-refractivity contribution in [2.24, 2.45) is 5.92 Å². The van der Waals surface area contributed by atoms with E-state index < -0.39 is 0 Å². The van der Waals surface area contributed by atoms with Gasteiger partial charge >= 0.3 is 6.03 Å². The molecule has 0 spiro atoms. The number of nitrogens with one attached hydrogen (secondary N) is 1. The molecular weight excluding hydrogens is 446 g/mol. The van der Waals surface area contributed by atoms with Gasteiger partial charge in [-0.1, -0.05) is 44.2 Å². The number of aryl methyl sites for hydroxylation is 1. The quantitative estimate of drug-likeness (QED) is 0.401. The SMILES string of the molecule is COc1ccc(NC(=O)N(CC(=O)N(Cc2ccccc2)Cc2sccc2C)CC(C)C)cc1. The summed E-state index contributed by atoms with van der Waals surface area (Å²) < 4.78 is 5.18. The molecule has 1 N–H and O–H groups in total. The van der Waals surface area contributed by atoms with E-state index in [2.05, 4.69) is 18.3 Å². The highest BCUT2D eigenvalue weighted by Crippen LogP contribution is 2.20. The third kappa shape index (κ3) is 7.35. The Labute approximate surface area is 206 Å². The Morgan fingerprint density at radius 2 is 1.68 bits per heavy atom. The lowest BCUT2D eigenvalue weighted by molar-refractivity contribution is -0.133. The van der Waals surface area contributed by atoms with Crippen LogP contribution >= 0.6 is 11.3 Å². The molecule has 7 heteroatoms. The van der Waals surface area contributed by atoms with E-state index >= 15 is 0 Å². The number of benzene rings is 2. The number of hydrogen-bond donors (Lipinski definition) is 1. The molecule has 3 aromatic rings. The van der Waals surface area contributed by atoms with Crippen LogP contribution < -0.4 is 10.1 Å². The maximum atomic E-state index is 13.5. The van der Waals surface area contributed by atoms with Gasteiger partial charge in [0.1, 0.15) is 12.3 Å². The molecule has 1 aromatic heterocycles. The Morgan fingerprint density at radius 3 is 2.26 bits per heavy atom. The molecule has 0 aliphatic heterocycles. The minimum absolute atomic E-state index is 0.0113. The van der Waals surface area contributed by atoms with Gasteiger partial charge < -0.3 is 19.9 Å². The molecular formula is C27H33N3O3S. The van der Waals surface area contributed by atoms with Gasteiger partial charge in [0, 0.05) is 23.7 Å². The van der Waals surface area contributed by atoms with E-state index in [1.807, 2.05) is 54.5 Å². The van der Waals surface area contributed by atoms with Gasteiger partial charge in [0.25, 0.3) is 0 Å². The van der Waals surface area contributed by atoms with Crippen molar-refractivity contribution in [2.75, 3.05) is 25.5 Å². The standard InChI is InChI=1S/C27H33N3O3S/c1-20(2)16-30(27(32)28-23-10-12-24(33-4)13-11-23)19-26(31)29(17-22-8-6-5-7-9-22)18-25-21(3)14-15-34-25/h5-15,20H,16-19H2,1-4H3,(H,28,32). The lowest BCUT2D eigenvalue weighted by Gasteiger charge is -2.29. The van der Waals surface area contributed by atoms with E-state index in [0.717, 1.165) is 10.4 Å². The second kappa shape index (κ2) is 12.2. The minimum Gasteiger partial charge on any atom is -0.497 e. The van der Waals surface area contributed by atoms with Crippen molar-refractivity contribution < 1.29 is 14.3 Å². The largest absolute Gasteiger partial charge is 0.497 e. The third-order valence-corrected chi connectivity index (χ3v) is 6.42. The average Bonchev–Trinajstić information content (AvgIpc) is 3.23. The molecule has 180 valence electrons. The summed E-state index contributed by atoms with van der Waals surface area (Å²) in [7, 11) is 1.60. The molecule has 2 aromatic carbocycles. The summed E-state index contributed by atoms with van der Waals surface area (Å²) in [5, 5.41) is 4.95. The topological polar surface area (TPSA) is 61.9 Å². The molecule has 0 aliphatic rings. The lowest BCUT2D eigenvalue weighted by atomic mass is 10.2. The Balaban J connectivity index is 1.76. The van der Waals surface area contributed by atoms with E-state index in [0.29, 0.717) is 31.1 Å². The van der Waals surface area contributed by atoms with Crippen LogP contribution in [0.4, 0.5) is 10.5 Å². The monoisotopic (exact) mass is 479 g/mol. The second-order valence-electron chi connectivity index (χ2n) is 8.70. The average molecular weight is 480 g/mol. The number of anilines is 1. The van der Waals surface area contributed by atoms with Crippen LogP contribution in [0.5, 0.6) is 5.75 Å². The van der Waals surface area contributed by atoms with Crippen molar-refractivity contribution in [1.29, 1.82) is 0 Å². The summed E-state index contributed by atoms with van der Waals surface area (Å²) in [5.74, 6) is 0.853. The van der Waals surface area contributed by atoms with Gasteiger partial charge in [0.2, 0.25) is 5.91 Å². The van der Waals surface area contributed by atoms with Crippen LogP contribution in [0.1, 0.15) is 29.9 Å². The van der Waals surface area contributed by atoms with Gasteiger partial charge in [-0.25, -0.2) is 4.79 Å². The van der Waals surface area contributed by atoms with Gasteiger partial charge in [-0.2, -0.15) is 0 Å². The van der Waals surface area contributed by atoms with Crippen LogP contribution in [-0.2, 0) is 17.9 Å². The fraction of sp³-hybridized carbons (Fsp3) is 0.333. The molecule has 3 amide bonds. The van der Waals surface area contributed by atoms with Crippen molar-refractivity contribution in [3.05, 3.63) is 82.0 Å². The molecule has 0 unspecified atom stereocenters. The van der Waals surface area contributed by atoms with Gasteiger partial charge in [0.15, 0.2) is 0 Å². The maximum Gasteiger partial charge on any atom is 0.322 e. The van der Waals surface area contributed by atoms with E-state index in [-0.39, 0.29) is 24.4 Å². The highest BCUT2D eigenvalue weighted by atomic mass is 32.1. The summed E-state index contributed by atoms with van der Waals surface area (Å²) in [6.45, 7) is 7.63. The molecule has 1 heterocycles. The molecule has 0 bridgehead atoms. The van der Waals surface area contributed by atoms with Crippen molar-refractivity contribution in [3.63, 3.8) is 0 Å². The van der Waals surface area contributed by atoms with Crippen LogP contribution in [0.25, 0.3) is 0 Å². The zero-order valence-electron chi connectivity index (χ0n) is 20.3. The molecule has 0 saturated carbocycles. The molecule has 0 radical (unpaired) electrons. The Kier molecular flexibility index (Phi) is 9.10. The van der Waals surface area contributed by atoms with E-state index in [1.165, 1.54) is 5.56 Å². The van der Waals surface area contributed by atoms with Gasteiger partial charge in [-0.05, 0) is 59.7 Å². The Morgan fingerprint density at radius 1 is 0.971 bits per heavy atom. The Bertz CT molecular complexity index is 1060. The van der Waals surface area contributed by atoms with Gasteiger partial charge in [-0.15, -0.1) is 11.3 Å². The van der Waals surface area contributed by atoms with Crippen LogP contribution in [0.2, 0.25) is 0 Å². The predicted octanol–water partition coefficient (Wildman–Crippen LogP) is 5.78. The summed E-state index contributed by atoms with van der Waals surface area (Å²) in [6, 6.07) is 18.9. The number of carbonyl (C=O) groups is 2. The fourth-order valence-corrected chi connectivity index (χ4v) is 4.50. The number of ether oxygens (including phenoxy) is 1. The molecule has 0 aliphatic carbocycles. The van der Waals surface area contributed by atoms with E-state index in [4.69, 9.17) is 4.74 Å². The first-order valence-corrected chi connectivity index (χ1v) is 12.3.